The maximum atomic E-state index is 11.9. The molecule has 0 bridgehead atoms. The third kappa shape index (κ3) is 5.72. The number of rotatable bonds is 9. The van der Waals surface area contributed by atoms with E-state index in [-0.39, 0.29) is 16.4 Å². The molecule has 2 aromatic heterocycles. The third-order valence-corrected chi connectivity index (χ3v) is 4.99. The average molecular weight is 441 g/mol. The minimum Gasteiger partial charge on any atom is -0.495 e. The van der Waals surface area contributed by atoms with Crippen LogP contribution < -0.4 is 20.7 Å². The Kier molecular flexibility index (Phi) is 7.96. The molecule has 0 aliphatic rings. The molecule has 8 heteroatoms. The number of aromatic nitrogens is 3. The highest BCUT2D eigenvalue weighted by Gasteiger charge is 2.15. The van der Waals surface area contributed by atoms with Crippen LogP contribution in [0.3, 0.4) is 0 Å². The number of hydrogen-bond donors (Lipinski definition) is 3. The first-order chi connectivity index (χ1) is 15.5. The molecule has 174 valence electrons. The van der Waals surface area contributed by atoms with Gasteiger partial charge in [0.15, 0.2) is 5.82 Å². The highest BCUT2D eigenvalue weighted by atomic mass is 16.5. The standard InChI is InChI=1S/C24H30N6O2.3H2/c1-5-8-19(18-9-7-12-25-15-18)28-22-16(3)14-27-23(30-22)17-10-11-20(21(13-17)32-4)29-24(31)26-6-2;;;/h7,9-15,19H,5-6,8H2,1-4H3,(H2,26,29,31)(H,27,28,30);3*1H/t19-;;;/m0.../s1. The Morgan fingerprint density at radius 1 is 1.22 bits per heavy atom. The topological polar surface area (TPSA) is 101 Å². The fourth-order valence-corrected chi connectivity index (χ4v) is 3.35. The molecule has 0 spiro atoms. The van der Waals surface area contributed by atoms with Gasteiger partial charge < -0.3 is 20.7 Å². The lowest BCUT2D eigenvalue weighted by Crippen LogP contribution is -2.28. The Morgan fingerprint density at radius 3 is 2.75 bits per heavy atom. The number of nitrogens with one attached hydrogen (secondary N) is 3. The minimum absolute atomic E-state index is 0. The SMILES string of the molecule is CCC[C@H](Nc1nc(-c2ccc(NC(=O)NCC)c(OC)c2)ncc1C)c1cccnc1.[HH].[HH].[HH]. The molecule has 0 unspecified atom stereocenters. The molecule has 1 atom stereocenters. The van der Waals surface area contributed by atoms with Crippen molar-refractivity contribution in [3.8, 4) is 17.1 Å². The molecule has 32 heavy (non-hydrogen) atoms. The van der Waals surface area contributed by atoms with Gasteiger partial charge in [0.2, 0.25) is 0 Å². The van der Waals surface area contributed by atoms with Gasteiger partial charge in [0, 0.05) is 40.5 Å². The van der Waals surface area contributed by atoms with Crippen LogP contribution in [0.1, 0.15) is 48.1 Å². The van der Waals surface area contributed by atoms with Crippen LogP contribution in [0, 0.1) is 6.92 Å². The van der Waals surface area contributed by atoms with E-state index in [2.05, 4.69) is 38.9 Å². The quantitative estimate of drug-likeness (QED) is 0.395. The normalized spacial score (nSPS) is 11.5. The number of benzene rings is 1. The third-order valence-electron chi connectivity index (χ3n) is 4.99. The maximum absolute atomic E-state index is 11.9. The zero-order chi connectivity index (χ0) is 22.9. The number of amides is 2. The number of carbonyl (C=O) groups is 1. The molecule has 1 aromatic carbocycles. The number of anilines is 2. The molecule has 0 aliphatic carbocycles. The number of pyridine rings is 1. The molecular weight excluding hydrogens is 404 g/mol. The van der Waals surface area contributed by atoms with Crippen molar-refractivity contribution in [2.45, 2.75) is 39.7 Å². The highest BCUT2D eigenvalue weighted by Crippen LogP contribution is 2.31. The summed E-state index contributed by atoms with van der Waals surface area (Å²) in [7, 11) is 1.56. The number of hydrogen-bond acceptors (Lipinski definition) is 6. The van der Waals surface area contributed by atoms with Crippen molar-refractivity contribution in [2.24, 2.45) is 0 Å². The van der Waals surface area contributed by atoms with Gasteiger partial charge in [0.1, 0.15) is 11.6 Å². The molecule has 0 saturated heterocycles. The Labute approximate surface area is 193 Å². The Bertz CT molecular complexity index is 1060. The summed E-state index contributed by atoms with van der Waals surface area (Å²) in [5, 5.41) is 9.06. The second-order valence-corrected chi connectivity index (χ2v) is 7.40. The van der Waals surface area contributed by atoms with Crippen LogP contribution in [0.2, 0.25) is 0 Å². The van der Waals surface area contributed by atoms with Crippen LogP contribution in [-0.4, -0.2) is 34.6 Å². The lowest BCUT2D eigenvalue weighted by molar-refractivity contribution is 0.252. The van der Waals surface area contributed by atoms with Gasteiger partial charge in [-0.25, -0.2) is 14.8 Å². The van der Waals surface area contributed by atoms with E-state index < -0.39 is 0 Å². The molecular formula is C24H36N6O2. The Morgan fingerprint density at radius 2 is 2.06 bits per heavy atom. The van der Waals surface area contributed by atoms with Crippen LogP contribution in [-0.2, 0) is 0 Å². The largest absolute Gasteiger partial charge is 0.495 e. The van der Waals surface area contributed by atoms with Gasteiger partial charge >= 0.3 is 6.03 Å². The number of aryl methyl sites for hydroxylation is 1. The first-order valence-electron chi connectivity index (χ1n) is 10.8. The Balaban J connectivity index is 0.00000385. The monoisotopic (exact) mass is 440 g/mol. The maximum Gasteiger partial charge on any atom is 0.319 e. The van der Waals surface area contributed by atoms with Gasteiger partial charge in [-0.3, -0.25) is 4.98 Å². The molecule has 3 rings (SSSR count). The van der Waals surface area contributed by atoms with Gasteiger partial charge in [-0.05, 0) is 50.1 Å². The van der Waals surface area contributed by atoms with E-state index in [1.807, 2.05) is 44.4 Å². The van der Waals surface area contributed by atoms with Crippen molar-refractivity contribution in [1.29, 1.82) is 0 Å². The second-order valence-electron chi connectivity index (χ2n) is 7.40. The van der Waals surface area contributed by atoms with E-state index in [0.29, 0.717) is 23.8 Å². The Hall–Kier alpha value is -3.68. The van der Waals surface area contributed by atoms with Gasteiger partial charge in [0.05, 0.1) is 18.8 Å². The molecule has 3 N–H and O–H groups in total. The van der Waals surface area contributed by atoms with Gasteiger partial charge in [0.25, 0.3) is 0 Å². The average Bonchev–Trinajstić information content (AvgIpc) is 2.81. The van der Waals surface area contributed by atoms with Crippen LogP contribution in [0.25, 0.3) is 11.4 Å². The fraction of sp³-hybridized carbons (Fsp3) is 0.333. The van der Waals surface area contributed by atoms with Crippen LogP contribution in [0.4, 0.5) is 16.3 Å². The molecule has 0 fully saturated rings. The van der Waals surface area contributed by atoms with E-state index >= 15 is 0 Å². The van der Waals surface area contributed by atoms with Crippen molar-refractivity contribution in [1.82, 2.24) is 20.3 Å². The zero-order valence-electron chi connectivity index (χ0n) is 19.0. The van der Waals surface area contributed by atoms with Crippen molar-refractivity contribution < 1.29 is 13.8 Å². The van der Waals surface area contributed by atoms with Crippen molar-refractivity contribution >= 4 is 17.5 Å². The summed E-state index contributed by atoms with van der Waals surface area (Å²) in [5.74, 6) is 1.88. The molecule has 0 saturated carbocycles. The van der Waals surface area contributed by atoms with Crippen molar-refractivity contribution in [3.05, 3.63) is 60.0 Å². The number of methoxy groups -OCH3 is 1. The minimum atomic E-state index is -0.283. The molecule has 2 amide bonds. The molecule has 3 aromatic rings. The predicted octanol–water partition coefficient (Wildman–Crippen LogP) is 5.69. The van der Waals surface area contributed by atoms with Crippen LogP contribution in [0.5, 0.6) is 5.75 Å². The van der Waals surface area contributed by atoms with Crippen LogP contribution >= 0.6 is 0 Å². The fourth-order valence-electron chi connectivity index (χ4n) is 3.35. The van der Waals surface area contributed by atoms with E-state index in [9.17, 15) is 4.79 Å². The van der Waals surface area contributed by atoms with E-state index in [4.69, 9.17) is 9.72 Å². The summed E-state index contributed by atoms with van der Waals surface area (Å²) >= 11 is 0. The predicted molar refractivity (Wildman–Crippen MR) is 133 cm³/mol. The first kappa shape index (κ1) is 23.0. The smallest absolute Gasteiger partial charge is 0.319 e. The molecule has 2 heterocycles. The van der Waals surface area contributed by atoms with Gasteiger partial charge in [-0.1, -0.05) is 19.4 Å². The van der Waals surface area contributed by atoms with E-state index in [1.54, 1.807) is 19.4 Å². The van der Waals surface area contributed by atoms with Crippen molar-refractivity contribution in [3.63, 3.8) is 0 Å². The number of ether oxygens (including phenoxy) is 1. The summed E-state index contributed by atoms with van der Waals surface area (Å²) in [5.41, 5.74) is 3.45. The number of carbonyl (C=O) groups excluding carboxylic acids is 1. The first-order valence-corrected chi connectivity index (χ1v) is 10.8. The van der Waals surface area contributed by atoms with E-state index in [0.717, 1.165) is 35.3 Å². The summed E-state index contributed by atoms with van der Waals surface area (Å²) in [4.78, 5) is 25.4. The lowest BCUT2D eigenvalue weighted by atomic mass is 10.0. The lowest BCUT2D eigenvalue weighted by Gasteiger charge is -2.20. The van der Waals surface area contributed by atoms with Crippen LogP contribution in [0.15, 0.2) is 48.9 Å². The number of nitrogens with zero attached hydrogens (tertiary/aromatic N) is 3. The van der Waals surface area contributed by atoms with Gasteiger partial charge in [-0.15, -0.1) is 0 Å². The molecule has 0 radical (unpaired) electrons. The highest BCUT2D eigenvalue weighted by molar-refractivity contribution is 5.91. The second kappa shape index (κ2) is 11.1. The molecule has 0 aliphatic heterocycles. The van der Waals surface area contributed by atoms with E-state index in [1.165, 1.54) is 0 Å². The summed E-state index contributed by atoms with van der Waals surface area (Å²) in [6.45, 7) is 6.54. The summed E-state index contributed by atoms with van der Waals surface area (Å²) in [6, 6.07) is 9.31. The van der Waals surface area contributed by atoms with Gasteiger partial charge in [-0.2, -0.15) is 0 Å². The summed E-state index contributed by atoms with van der Waals surface area (Å²) < 4.78 is 5.47. The summed E-state index contributed by atoms with van der Waals surface area (Å²) in [6.07, 6.45) is 7.46. The molecule has 8 nitrogen and oxygen atoms in total. The zero-order valence-corrected chi connectivity index (χ0v) is 19.0. The number of urea groups is 1. The van der Waals surface area contributed by atoms with Crippen molar-refractivity contribution in [2.75, 3.05) is 24.3 Å².